The quantitative estimate of drug-likeness (QED) is 0.851. The third-order valence-corrected chi connectivity index (χ3v) is 2.78. The summed E-state index contributed by atoms with van der Waals surface area (Å²) < 4.78 is 69.6. The molecule has 9 heteroatoms. The van der Waals surface area contributed by atoms with Gasteiger partial charge in [-0.15, -0.1) is 13.2 Å². The van der Waals surface area contributed by atoms with Gasteiger partial charge in [0.2, 0.25) is 0 Å². The molecule has 0 spiro atoms. The van der Waals surface area contributed by atoms with Crippen molar-refractivity contribution >= 4 is 26.0 Å². The van der Waals surface area contributed by atoms with E-state index in [0.717, 1.165) is 18.2 Å². The van der Waals surface area contributed by atoms with Gasteiger partial charge in [0.15, 0.2) is 5.75 Å². The molecule has 0 radical (unpaired) electrons. The van der Waals surface area contributed by atoms with Crippen LogP contribution in [0, 0.1) is 0 Å². The second-order valence-electron chi connectivity index (χ2n) is 2.61. The van der Waals surface area contributed by atoms with Crippen LogP contribution < -0.4 is 4.74 Å². The lowest BCUT2D eigenvalue weighted by Crippen LogP contribution is -2.18. The van der Waals surface area contributed by atoms with Crippen LogP contribution in [0.5, 0.6) is 5.75 Å². The molecule has 0 aliphatic rings. The Bertz CT molecular complexity index is 497. The van der Waals surface area contributed by atoms with Crippen LogP contribution in [0.2, 0.25) is 0 Å². The summed E-state index contributed by atoms with van der Waals surface area (Å²) in [7, 11) is -4.78. The van der Waals surface area contributed by atoms with Gasteiger partial charge < -0.3 is 4.74 Å². The molecule has 1 rings (SSSR count). The molecule has 16 heavy (non-hydrogen) atoms. The Hall–Kier alpha value is -0.800. The maximum Gasteiger partial charge on any atom is 0.573 e. The first-order valence-electron chi connectivity index (χ1n) is 3.62. The van der Waals surface area contributed by atoms with Crippen molar-refractivity contribution in [2.75, 3.05) is 0 Å². The van der Waals surface area contributed by atoms with E-state index in [1.54, 1.807) is 0 Å². The molecule has 0 unspecified atom stereocenters. The molecule has 1 N–H and O–H groups in total. The number of hydrogen-bond donors (Lipinski definition) is 1. The van der Waals surface area contributed by atoms with Crippen LogP contribution in [0.3, 0.4) is 0 Å². The van der Waals surface area contributed by atoms with Gasteiger partial charge in [0.25, 0.3) is 10.1 Å². The Morgan fingerprint density at radius 2 is 1.88 bits per heavy atom. The molecular formula is C7H4BrF3O4S. The van der Waals surface area contributed by atoms with Crippen LogP contribution in [0.25, 0.3) is 0 Å². The van der Waals surface area contributed by atoms with E-state index in [2.05, 4.69) is 20.7 Å². The van der Waals surface area contributed by atoms with Crippen LogP contribution in [0.15, 0.2) is 27.6 Å². The van der Waals surface area contributed by atoms with Crippen molar-refractivity contribution in [3.8, 4) is 5.75 Å². The Balaban J connectivity index is 3.30. The predicted molar refractivity (Wildman–Crippen MR) is 50.6 cm³/mol. The molecule has 4 nitrogen and oxygen atoms in total. The average molecular weight is 321 g/mol. The van der Waals surface area contributed by atoms with Crippen molar-refractivity contribution in [3.05, 3.63) is 22.7 Å². The third-order valence-electron chi connectivity index (χ3n) is 1.41. The summed E-state index contributed by atoms with van der Waals surface area (Å²) in [6.45, 7) is 0. The Morgan fingerprint density at radius 1 is 1.31 bits per heavy atom. The lowest BCUT2D eigenvalue weighted by atomic mass is 10.3. The highest BCUT2D eigenvalue weighted by Crippen LogP contribution is 2.31. The lowest BCUT2D eigenvalue weighted by molar-refractivity contribution is -0.275. The molecule has 0 atom stereocenters. The zero-order chi connectivity index (χ0) is 12.6. The molecule has 0 fully saturated rings. The largest absolute Gasteiger partial charge is 0.573 e. The van der Waals surface area contributed by atoms with Crippen molar-refractivity contribution in [2.24, 2.45) is 0 Å². The van der Waals surface area contributed by atoms with E-state index < -0.39 is 27.1 Å². The van der Waals surface area contributed by atoms with Gasteiger partial charge in [-0.25, -0.2) is 0 Å². The molecule has 0 bridgehead atoms. The zero-order valence-corrected chi connectivity index (χ0v) is 9.73. The van der Waals surface area contributed by atoms with E-state index in [0.29, 0.717) is 0 Å². The summed E-state index contributed by atoms with van der Waals surface area (Å²) in [5.41, 5.74) is 0. The second-order valence-corrected chi connectivity index (χ2v) is 4.92. The molecule has 0 amide bonds. The fourth-order valence-electron chi connectivity index (χ4n) is 0.892. The first-order chi connectivity index (χ1) is 7.09. The van der Waals surface area contributed by atoms with Crippen molar-refractivity contribution in [1.82, 2.24) is 0 Å². The van der Waals surface area contributed by atoms with E-state index in [9.17, 15) is 21.6 Å². The Kier molecular flexibility index (Phi) is 3.50. The summed E-state index contributed by atoms with van der Waals surface area (Å²) in [5, 5.41) is 0. The fraction of sp³-hybridized carbons (Fsp3) is 0.143. The first-order valence-corrected chi connectivity index (χ1v) is 5.86. The monoisotopic (exact) mass is 320 g/mol. The van der Waals surface area contributed by atoms with Gasteiger partial charge in [0.05, 0.1) is 0 Å². The molecular weight excluding hydrogens is 317 g/mol. The van der Waals surface area contributed by atoms with E-state index in [-0.39, 0.29) is 4.47 Å². The highest BCUT2D eigenvalue weighted by Gasteiger charge is 2.33. The highest BCUT2D eigenvalue weighted by atomic mass is 79.9. The van der Waals surface area contributed by atoms with E-state index in [4.69, 9.17) is 4.55 Å². The minimum absolute atomic E-state index is 0.189. The van der Waals surface area contributed by atoms with Crippen molar-refractivity contribution < 1.29 is 30.9 Å². The van der Waals surface area contributed by atoms with Crippen LogP contribution >= 0.6 is 15.9 Å². The van der Waals surface area contributed by atoms with E-state index in [1.807, 2.05) is 0 Å². The summed E-state index contributed by atoms with van der Waals surface area (Å²) in [6, 6.07) is 2.73. The van der Waals surface area contributed by atoms with Crippen LogP contribution in [-0.4, -0.2) is 19.3 Å². The number of hydrogen-bond acceptors (Lipinski definition) is 3. The summed E-state index contributed by atoms with van der Waals surface area (Å²) >= 11 is 2.86. The third kappa shape index (κ3) is 3.65. The molecule has 1 aromatic carbocycles. The molecule has 0 aromatic heterocycles. The van der Waals surface area contributed by atoms with Crippen molar-refractivity contribution in [1.29, 1.82) is 0 Å². The topological polar surface area (TPSA) is 63.6 Å². The van der Waals surface area contributed by atoms with Crippen LogP contribution in [-0.2, 0) is 10.1 Å². The first kappa shape index (κ1) is 13.3. The van der Waals surface area contributed by atoms with Gasteiger partial charge in [-0.2, -0.15) is 8.42 Å². The molecule has 1 aromatic rings. The standard InChI is InChI=1S/C7H4BrF3O4S/c8-4-1-2-5(15-7(9,10)11)6(3-4)16(12,13)14/h1-3H,(H,12,13,14). The van der Waals surface area contributed by atoms with Gasteiger partial charge >= 0.3 is 6.36 Å². The van der Waals surface area contributed by atoms with Crippen molar-refractivity contribution in [2.45, 2.75) is 11.3 Å². The number of halogens is 4. The maximum absolute atomic E-state index is 11.9. The lowest BCUT2D eigenvalue weighted by Gasteiger charge is -2.11. The average Bonchev–Trinajstić information content (AvgIpc) is 2.04. The molecule has 0 aliphatic carbocycles. The highest BCUT2D eigenvalue weighted by molar-refractivity contribution is 9.10. The Morgan fingerprint density at radius 3 is 2.31 bits per heavy atom. The number of alkyl halides is 3. The van der Waals surface area contributed by atoms with Gasteiger partial charge in [-0.3, -0.25) is 4.55 Å². The normalized spacial score (nSPS) is 12.6. The van der Waals surface area contributed by atoms with Gasteiger partial charge in [0.1, 0.15) is 4.90 Å². The van der Waals surface area contributed by atoms with Crippen LogP contribution in [0.4, 0.5) is 13.2 Å². The maximum atomic E-state index is 11.9. The molecule has 0 saturated heterocycles. The number of ether oxygens (including phenoxy) is 1. The molecule has 0 heterocycles. The van der Waals surface area contributed by atoms with Crippen LogP contribution in [0.1, 0.15) is 0 Å². The molecule has 90 valence electrons. The summed E-state index contributed by atoms with van der Waals surface area (Å²) in [6.07, 6.45) is -5.03. The smallest absolute Gasteiger partial charge is 0.404 e. The number of benzene rings is 1. The minimum Gasteiger partial charge on any atom is -0.404 e. The second kappa shape index (κ2) is 4.22. The summed E-state index contributed by atoms with van der Waals surface area (Å²) in [4.78, 5) is -0.959. The van der Waals surface area contributed by atoms with Gasteiger partial charge in [-0.05, 0) is 18.2 Å². The van der Waals surface area contributed by atoms with Gasteiger partial charge in [0, 0.05) is 4.47 Å². The van der Waals surface area contributed by atoms with E-state index >= 15 is 0 Å². The van der Waals surface area contributed by atoms with Crippen molar-refractivity contribution in [3.63, 3.8) is 0 Å². The SMILES string of the molecule is O=S(=O)(O)c1cc(Br)ccc1OC(F)(F)F. The predicted octanol–water partition coefficient (Wildman–Crippen LogP) is 2.59. The van der Waals surface area contributed by atoms with E-state index in [1.165, 1.54) is 0 Å². The molecule has 0 aliphatic heterocycles. The summed E-state index contributed by atoms with van der Waals surface area (Å²) in [5.74, 6) is -0.988. The minimum atomic E-state index is -5.03. The fourth-order valence-corrected chi connectivity index (χ4v) is 2.04. The zero-order valence-electron chi connectivity index (χ0n) is 7.32. The van der Waals surface area contributed by atoms with Gasteiger partial charge in [-0.1, -0.05) is 15.9 Å². The number of rotatable bonds is 2. The Labute approximate surface area is 96.9 Å². The molecule has 0 saturated carbocycles.